The molecule has 0 aromatic heterocycles. The molecule has 0 rings (SSSR count). The van der Waals surface area contributed by atoms with E-state index in [2.05, 4.69) is 30.2 Å². The third-order valence-electron chi connectivity index (χ3n) is 8.06. The van der Waals surface area contributed by atoms with Crippen molar-refractivity contribution in [3.63, 3.8) is 0 Å². The predicted octanol–water partition coefficient (Wildman–Crippen LogP) is -2.78. The van der Waals surface area contributed by atoms with Crippen molar-refractivity contribution >= 4 is 110 Å². The van der Waals surface area contributed by atoms with Gasteiger partial charge in [-0.25, -0.2) is 43.2 Å². The molecule has 0 aliphatic heterocycles. The van der Waals surface area contributed by atoms with Crippen molar-refractivity contribution < 1.29 is 243 Å². The van der Waals surface area contributed by atoms with Gasteiger partial charge in [0, 0.05) is 50.6 Å². The van der Waals surface area contributed by atoms with Crippen LogP contribution in [0, 0.1) is 0 Å². The number of halogens is 27. The maximum Gasteiger partial charge on any atom is 1.00 e. The molecule has 0 saturated carbocycles. The summed E-state index contributed by atoms with van der Waals surface area (Å²) in [4.78, 5) is 41.9. The molecule has 0 fully saturated rings. The fourth-order valence-electron chi connectivity index (χ4n) is 3.96. The molecule has 89 heavy (non-hydrogen) atoms. The molecular formula is C37H61Cl6F21N4Na2O16S3. The van der Waals surface area contributed by atoms with Crippen molar-refractivity contribution in [3.8, 4) is 0 Å². The fourth-order valence-corrected chi connectivity index (χ4v) is 7.02. The van der Waals surface area contributed by atoms with Crippen LogP contribution in [0.4, 0.5) is 92.2 Å². The van der Waals surface area contributed by atoms with Crippen LogP contribution in [0.2, 0.25) is 0 Å². The van der Waals surface area contributed by atoms with Gasteiger partial charge in [-0.2, -0.15) is 87.6 Å². The van der Waals surface area contributed by atoms with Crippen LogP contribution in [0.25, 0.3) is 0 Å². The second kappa shape index (κ2) is 53.8. The number of carbonyl (C=O) groups excluding carboxylic acids is 4. The van der Waals surface area contributed by atoms with Crippen LogP contribution in [0.15, 0.2) is 0 Å². The Labute approximate surface area is 572 Å². The zero-order valence-electron chi connectivity index (χ0n) is 47.8. The standard InChI is InChI=1S/C10H14F7NO4S.C8H10F7NO4S.C5H4ClF7O2S.2C5H11NO2.C2H6O.2CH2Cl2.ClH.2Na.H2O/c1-3-22-7(19)6-18(2)23(20,21)5-4-8(11,9(12,13)14)10(15,16)17;1-16(4-5(17)18)21(19,20)3-2-6(9,7(10,11)12)8(13,14)15;6-16(14,15)2-1-3(7,4(8,9)10)5(11,12)13;2*1-3-8-5(7)4-6-2;1-2-3;2*2-1-3;;;;/h3-6H2,1-2H3;2-4H2,1H3,(H,17,18);1-2H2;2*6H,3-4H2,1-2H3;3H,2H2,1H3;2*1H2;1H;;;1H2/q;;;;;;;;;2*+1;/p-2. The molecule has 0 heterocycles. The smallest absolute Gasteiger partial charge is 1.00 e. The normalized spacial score (nSPS) is 12.0. The van der Waals surface area contributed by atoms with Crippen molar-refractivity contribution in [2.75, 3.05) is 109 Å². The number of likely N-dealkylation sites (N-methyl/N-ethyl adjacent to an activating group) is 4. The number of quaternary nitrogens is 1. The van der Waals surface area contributed by atoms with Crippen molar-refractivity contribution in [1.29, 1.82) is 0 Å². The molecule has 5 N–H and O–H groups in total. The van der Waals surface area contributed by atoms with Crippen LogP contribution >= 0.6 is 57.1 Å². The molecular weight excluding hydrogens is 1510 g/mol. The Morgan fingerprint density at radius 3 is 0.944 bits per heavy atom. The topological polar surface area (TPSA) is 307 Å². The van der Waals surface area contributed by atoms with Gasteiger partial charge in [-0.15, -0.1) is 46.4 Å². The number of nitrogens with two attached hydrogens (primary N) is 1. The summed E-state index contributed by atoms with van der Waals surface area (Å²) in [7, 11) is -4.94. The Bertz CT molecular complexity index is 2130. The van der Waals surface area contributed by atoms with E-state index >= 15 is 0 Å². The SMILES string of the molecule is CCO.CCOC(=O)CN(C)S(=O)(=O)CCC(F)(C(F)(F)F)C(F)(F)F.CCOC(=O)CNC.CCOC(=O)C[NH2+]C.CN(CC(=O)[O-])S(=O)(=O)CCC(F)(C(F)(F)F)C(F)(F)F.ClCCl.ClCCl.O=S(=O)(Cl)CCC(F)(C(F)(F)F)C(F)(F)F.[Cl-].[Na+].[Na+].[OH-]. The van der Waals surface area contributed by atoms with Gasteiger partial charge in [0.2, 0.25) is 29.1 Å². The van der Waals surface area contributed by atoms with Gasteiger partial charge >= 0.3 is 114 Å². The first-order valence-electron chi connectivity index (χ1n) is 21.9. The summed E-state index contributed by atoms with van der Waals surface area (Å²) in [5.41, 5.74) is -17.0. The molecule has 0 spiro atoms. The number of alkyl halides is 25. The van der Waals surface area contributed by atoms with E-state index in [1.54, 1.807) is 33.1 Å². The average molecular weight is 1570 g/mol. The molecule has 52 heteroatoms. The minimum atomic E-state index is -6.37. The van der Waals surface area contributed by atoms with Gasteiger partial charge < -0.3 is 57.7 Å². The van der Waals surface area contributed by atoms with E-state index in [1.165, 1.54) is 6.92 Å². The van der Waals surface area contributed by atoms with E-state index in [-0.39, 0.29) is 121 Å². The number of sulfonamides is 2. The first-order chi connectivity index (χ1) is 37.7. The van der Waals surface area contributed by atoms with E-state index in [1.807, 2.05) is 7.05 Å². The number of hydrogen-bond acceptors (Lipinski definition) is 17. The van der Waals surface area contributed by atoms with E-state index in [0.29, 0.717) is 33.4 Å². The summed E-state index contributed by atoms with van der Waals surface area (Å²) in [6.07, 6.45) is -45.1. The van der Waals surface area contributed by atoms with Crippen LogP contribution in [0.3, 0.4) is 0 Å². The summed E-state index contributed by atoms with van der Waals surface area (Å²) in [5.74, 6) is -8.78. The van der Waals surface area contributed by atoms with Gasteiger partial charge in [0.25, 0.3) is 17.0 Å². The number of esters is 3. The number of ether oxygens (including phenoxy) is 3. The number of aliphatic carboxylic acids is 1. The Hall–Kier alpha value is -0.240. The Morgan fingerprint density at radius 1 is 0.517 bits per heavy atom. The molecule has 0 amide bonds. The molecule has 0 saturated heterocycles. The summed E-state index contributed by atoms with van der Waals surface area (Å²) in [6, 6.07) is 0. The fraction of sp³-hybridized carbons (Fsp3) is 0.892. The Kier molecular flexibility index (Phi) is 70.2. The predicted molar refractivity (Wildman–Crippen MR) is 264 cm³/mol. The molecule has 0 aliphatic carbocycles. The first kappa shape index (κ1) is 116. The van der Waals surface area contributed by atoms with Crippen LogP contribution in [-0.4, -0.2) is 231 Å². The second-order valence-electron chi connectivity index (χ2n) is 14.5. The maximum atomic E-state index is 13.4. The van der Waals surface area contributed by atoms with Crippen molar-refractivity contribution in [2.45, 2.75) is 101 Å². The quantitative estimate of drug-likeness (QED) is 0.0247. The average Bonchev–Trinajstić information content (AvgIpc) is 3.28. The monoisotopic (exact) mass is 1570 g/mol. The van der Waals surface area contributed by atoms with Gasteiger partial charge in [0.15, 0.2) is 6.54 Å². The van der Waals surface area contributed by atoms with E-state index in [9.17, 15) is 142 Å². The summed E-state index contributed by atoms with van der Waals surface area (Å²) in [6.45, 7) is 6.25. The largest absolute Gasteiger partial charge is 1.00 e. The minimum absolute atomic E-state index is 0. The van der Waals surface area contributed by atoms with Crippen LogP contribution in [-0.2, 0) is 62.5 Å². The van der Waals surface area contributed by atoms with Crippen LogP contribution in [0.5, 0.6) is 0 Å². The maximum absolute atomic E-state index is 13.4. The number of carbonyl (C=O) groups is 4. The van der Waals surface area contributed by atoms with Gasteiger partial charge in [-0.3, -0.25) is 9.59 Å². The third kappa shape index (κ3) is 53.6. The molecule has 0 aliphatic rings. The second-order valence-corrected chi connectivity index (χ2v) is 23.4. The number of rotatable bonds is 22. The molecule has 0 unspecified atom stereocenters. The minimum Gasteiger partial charge on any atom is -1.00 e. The number of aliphatic hydroxyl groups is 1. The summed E-state index contributed by atoms with van der Waals surface area (Å²) < 4.78 is 337. The molecule has 0 aromatic carbocycles. The molecule has 0 aromatic rings. The number of nitrogens with one attached hydrogen (secondary N) is 1. The number of carboxylic acid groups (broad SMARTS) is 1. The zero-order valence-corrected chi connectivity index (χ0v) is 58.8. The van der Waals surface area contributed by atoms with E-state index in [4.69, 9.17) is 51.5 Å². The molecule has 0 bridgehead atoms. The van der Waals surface area contributed by atoms with E-state index < -0.39 is 145 Å². The Balaban J connectivity index is -0.0000000828. The van der Waals surface area contributed by atoms with Crippen molar-refractivity contribution in [3.05, 3.63) is 0 Å². The van der Waals surface area contributed by atoms with Gasteiger partial charge in [0.1, 0.15) is 6.54 Å². The number of nitrogens with zero attached hydrogens (tertiary/aromatic N) is 2. The Morgan fingerprint density at radius 2 is 0.742 bits per heavy atom. The number of aliphatic hydroxyl groups excluding tert-OH is 1. The molecule has 0 radical (unpaired) electrons. The molecule has 0 atom stereocenters. The van der Waals surface area contributed by atoms with Gasteiger partial charge in [0.05, 0.1) is 73.9 Å². The summed E-state index contributed by atoms with van der Waals surface area (Å²) >= 11 is 19.1. The van der Waals surface area contributed by atoms with Crippen LogP contribution in [0.1, 0.15) is 47.0 Å². The van der Waals surface area contributed by atoms with Crippen LogP contribution < -0.4 is 87.3 Å². The molecule has 534 valence electrons. The van der Waals surface area contributed by atoms with E-state index in [0.717, 1.165) is 7.05 Å². The zero-order chi connectivity index (χ0) is 70.3. The first-order valence-corrected chi connectivity index (χ1v) is 29.7. The molecule has 20 nitrogen and oxygen atoms in total. The van der Waals surface area contributed by atoms with Crippen molar-refractivity contribution in [2.24, 2.45) is 0 Å². The van der Waals surface area contributed by atoms with Gasteiger partial charge in [-0.05, 0) is 34.7 Å². The number of carboxylic acids is 1. The summed E-state index contributed by atoms with van der Waals surface area (Å²) in [5, 5.41) is 22.5. The number of hydrogen-bond donors (Lipinski definition) is 3. The third-order valence-corrected chi connectivity index (χ3v) is 12.8. The van der Waals surface area contributed by atoms with Gasteiger partial charge in [-0.1, -0.05) is 0 Å². The van der Waals surface area contributed by atoms with Crippen molar-refractivity contribution in [1.82, 2.24) is 13.9 Å².